The second-order valence-electron chi connectivity index (χ2n) is 2.87. The third-order valence-corrected chi connectivity index (χ3v) is 1.64. The summed E-state index contributed by atoms with van der Waals surface area (Å²) in [5.74, 6) is 0. The molecule has 0 aliphatic heterocycles. The molecular weight excluding hydrogens is 204 g/mol. The lowest BCUT2D eigenvalue weighted by Crippen LogP contribution is -2.29. The molecular formula is C8H21BrN2. The van der Waals surface area contributed by atoms with E-state index in [0.717, 1.165) is 6.42 Å². The third-order valence-electron chi connectivity index (χ3n) is 1.64. The standard InChI is InChI=1S/C8H20N2.BrH/c1-2-3-4-5-6-7-8(9)10;/h8H,2-7,9-10H2,1H3;1H. The van der Waals surface area contributed by atoms with Crippen LogP contribution in [0.1, 0.15) is 45.4 Å². The highest BCUT2D eigenvalue weighted by Gasteiger charge is 1.92. The van der Waals surface area contributed by atoms with Gasteiger partial charge in [0, 0.05) is 0 Å². The van der Waals surface area contributed by atoms with Crippen molar-refractivity contribution in [2.45, 2.75) is 51.6 Å². The first-order valence-electron chi connectivity index (χ1n) is 4.28. The summed E-state index contributed by atoms with van der Waals surface area (Å²) in [6.07, 6.45) is 7.35. The lowest BCUT2D eigenvalue weighted by molar-refractivity contribution is 0.551. The molecule has 0 atom stereocenters. The van der Waals surface area contributed by atoms with Crippen molar-refractivity contribution in [2.24, 2.45) is 11.5 Å². The largest absolute Gasteiger partial charge is 0.316 e. The monoisotopic (exact) mass is 224 g/mol. The zero-order chi connectivity index (χ0) is 7.82. The van der Waals surface area contributed by atoms with Gasteiger partial charge in [0.25, 0.3) is 0 Å². The summed E-state index contributed by atoms with van der Waals surface area (Å²) in [4.78, 5) is 0. The molecule has 0 aromatic carbocycles. The molecule has 0 spiro atoms. The number of halogens is 1. The van der Waals surface area contributed by atoms with Gasteiger partial charge in [-0.25, -0.2) is 0 Å². The van der Waals surface area contributed by atoms with Gasteiger partial charge in [0.05, 0.1) is 6.17 Å². The smallest absolute Gasteiger partial charge is 0.0520 e. The highest BCUT2D eigenvalue weighted by molar-refractivity contribution is 8.93. The summed E-state index contributed by atoms with van der Waals surface area (Å²) < 4.78 is 0. The summed E-state index contributed by atoms with van der Waals surface area (Å²) in [6, 6.07) is 0. The number of hydrogen-bond donors (Lipinski definition) is 2. The van der Waals surface area contributed by atoms with Crippen LogP contribution in [0.15, 0.2) is 0 Å². The summed E-state index contributed by atoms with van der Waals surface area (Å²) in [6.45, 7) is 2.22. The molecule has 0 aliphatic rings. The van der Waals surface area contributed by atoms with Crippen molar-refractivity contribution >= 4 is 17.0 Å². The minimum atomic E-state index is -0.0957. The summed E-state index contributed by atoms with van der Waals surface area (Å²) in [5.41, 5.74) is 10.8. The van der Waals surface area contributed by atoms with E-state index in [9.17, 15) is 0 Å². The van der Waals surface area contributed by atoms with Gasteiger partial charge in [0.1, 0.15) is 0 Å². The van der Waals surface area contributed by atoms with Crippen LogP contribution in [-0.4, -0.2) is 6.17 Å². The van der Waals surface area contributed by atoms with Crippen LogP contribution in [0.3, 0.4) is 0 Å². The minimum absolute atomic E-state index is 0. The second-order valence-corrected chi connectivity index (χ2v) is 2.87. The number of unbranched alkanes of at least 4 members (excludes halogenated alkanes) is 4. The quantitative estimate of drug-likeness (QED) is 0.537. The highest BCUT2D eigenvalue weighted by Crippen LogP contribution is 2.04. The number of nitrogens with two attached hydrogens (primary N) is 2. The Bertz CT molecular complexity index is 67.1. The SMILES string of the molecule is Br.CCCCCCCC(N)N. The lowest BCUT2D eigenvalue weighted by atomic mass is 10.1. The molecule has 70 valence electrons. The van der Waals surface area contributed by atoms with Crippen molar-refractivity contribution in [1.29, 1.82) is 0 Å². The van der Waals surface area contributed by atoms with E-state index < -0.39 is 0 Å². The van der Waals surface area contributed by atoms with Crippen LogP contribution in [0.25, 0.3) is 0 Å². The van der Waals surface area contributed by atoms with E-state index in [1.165, 1.54) is 32.1 Å². The van der Waals surface area contributed by atoms with Gasteiger partial charge in [-0.3, -0.25) is 0 Å². The molecule has 0 rings (SSSR count). The molecule has 0 unspecified atom stereocenters. The van der Waals surface area contributed by atoms with E-state index in [2.05, 4.69) is 6.92 Å². The van der Waals surface area contributed by atoms with Crippen LogP contribution < -0.4 is 11.5 Å². The Hall–Kier alpha value is 0.400. The van der Waals surface area contributed by atoms with Gasteiger partial charge in [-0.15, -0.1) is 17.0 Å². The van der Waals surface area contributed by atoms with E-state index >= 15 is 0 Å². The third kappa shape index (κ3) is 13.4. The van der Waals surface area contributed by atoms with Gasteiger partial charge in [0.15, 0.2) is 0 Å². The van der Waals surface area contributed by atoms with Gasteiger partial charge in [-0.05, 0) is 6.42 Å². The number of rotatable bonds is 6. The van der Waals surface area contributed by atoms with E-state index in [-0.39, 0.29) is 23.1 Å². The first-order valence-corrected chi connectivity index (χ1v) is 4.28. The molecule has 0 amide bonds. The fourth-order valence-corrected chi connectivity index (χ4v) is 0.984. The van der Waals surface area contributed by atoms with Crippen LogP contribution in [0.2, 0.25) is 0 Å². The molecule has 0 aromatic rings. The second kappa shape index (κ2) is 10.4. The van der Waals surface area contributed by atoms with E-state index in [0.29, 0.717) is 0 Å². The van der Waals surface area contributed by atoms with Crippen LogP contribution in [0.4, 0.5) is 0 Å². The van der Waals surface area contributed by atoms with E-state index in [1.54, 1.807) is 0 Å². The molecule has 0 aromatic heterocycles. The zero-order valence-corrected chi connectivity index (χ0v) is 9.10. The molecule has 3 heteroatoms. The molecule has 0 bridgehead atoms. The fourth-order valence-electron chi connectivity index (χ4n) is 0.984. The maximum atomic E-state index is 5.38. The molecule has 0 fully saturated rings. The van der Waals surface area contributed by atoms with Crippen LogP contribution in [-0.2, 0) is 0 Å². The molecule has 4 N–H and O–H groups in total. The predicted molar refractivity (Wildman–Crippen MR) is 55.9 cm³/mol. The Morgan fingerprint density at radius 1 is 1.00 bits per heavy atom. The van der Waals surface area contributed by atoms with Gasteiger partial charge < -0.3 is 11.5 Å². The first-order chi connectivity index (χ1) is 4.77. The van der Waals surface area contributed by atoms with E-state index in [1.807, 2.05) is 0 Å². The summed E-state index contributed by atoms with van der Waals surface area (Å²) >= 11 is 0. The average Bonchev–Trinajstić information content (AvgIpc) is 1.87. The lowest BCUT2D eigenvalue weighted by Gasteiger charge is -2.03. The maximum Gasteiger partial charge on any atom is 0.0520 e. The zero-order valence-electron chi connectivity index (χ0n) is 7.38. The minimum Gasteiger partial charge on any atom is -0.316 e. The van der Waals surface area contributed by atoms with Gasteiger partial charge in [0.2, 0.25) is 0 Å². The van der Waals surface area contributed by atoms with Crippen LogP contribution >= 0.6 is 17.0 Å². The van der Waals surface area contributed by atoms with Crippen LogP contribution in [0, 0.1) is 0 Å². The molecule has 0 heterocycles. The molecule has 0 aliphatic carbocycles. The Morgan fingerprint density at radius 3 is 2.00 bits per heavy atom. The highest BCUT2D eigenvalue weighted by atomic mass is 79.9. The van der Waals surface area contributed by atoms with Gasteiger partial charge in [-0.1, -0.05) is 39.0 Å². The van der Waals surface area contributed by atoms with Crippen molar-refractivity contribution in [2.75, 3.05) is 0 Å². The topological polar surface area (TPSA) is 52.0 Å². The molecule has 0 saturated carbocycles. The Kier molecular flexibility index (Phi) is 13.2. The van der Waals surface area contributed by atoms with Crippen molar-refractivity contribution in [1.82, 2.24) is 0 Å². The molecule has 11 heavy (non-hydrogen) atoms. The summed E-state index contributed by atoms with van der Waals surface area (Å²) in [7, 11) is 0. The van der Waals surface area contributed by atoms with Gasteiger partial charge >= 0.3 is 0 Å². The van der Waals surface area contributed by atoms with Crippen molar-refractivity contribution in [3.63, 3.8) is 0 Å². The predicted octanol–water partition coefficient (Wildman–Crippen LogP) is 2.17. The molecule has 0 radical (unpaired) electrons. The molecule has 0 saturated heterocycles. The molecule has 2 nitrogen and oxygen atoms in total. The number of hydrogen-bond acceptors (Lipinski definition) is 2. The normalized spacial score (nSPS) is 9.82. The fraction of sp³-hybridized carbons (Fsp3) is 1.00. The van der Waals surface area contributed by atoms with Crippen LogP contribution in [0.5, 0.6) is 0 Å². The average molecular weight is 225 g/mol. The van der Waals surface area contributed by atoms with Gasteiger partial charge in [-0.2, -0.15) is 0 Å². The Labute approximate surface area is 80.5 Å². The van der Waals surface area contributed by atoms with Crippen molar-refractivity contribution in [3.8, 4) is 0 Å². The van der Waals surface area contributed by atoms with E-state index in [4.69, 9.17) is 11.5 Å². The van der Waals surface area contributed by atoms with Crippen molar-refractivity contribution in [3.05, 3.63) is 0 Å². The Morgan fingerprint density at radius 2 is 1.55 bits per heavy atom. The summed E-state index contributed by atoms with van der Waals surface area (Å²) in [5, 5.41) is 0. The maximum absolute atomic E-state index is 5.38. The Balaban J connectivity index is 0. The van der Waals surface area contributed by atoms with Crippen molar-refractivity contribution < 1.29 is 0 Å². The first kappa shape index (κ1) is 14.0.